The molecule has 0 aromatic heterocycles. The molecule has 0 bridgehead atoms. The van der Waals surface area contributed by atoms with Crippen molar-refractivity contribution in [3.8, 4) is 5.75 Å². The molecule has 146 valence electrons. The van der Waals surface area contributed by atoms with E-state index >= 15 is 0 Å². The molecule has 0 saturated heterocycles. The van der Waals surface area contributed by atoms with Crippen LogP contribution in [0.15, 0.2) is 23.1 Å². The van der Waals surface area contributed by atoms with Crippen LogP contribution in [0.4, 0.5) is 5.69 Å². The highest BCUT2D eigenvalue weighted by Crippen LogP contribution is 2.29. The average Bonchev–Trinajstić information content (AvgIpc) is 2.53. The summed E-state index contributed by atoms with van der Waals surface area (Å²) in [6.45, 7) is 7.00. The van der Waals surface area contributed by atoms with Crippen LogP contribution < -0.4 is 15.4 Å². The summed E-state index contributed by atoms with van der Waals surface area (Å²) < 4.78 is 31.5. The van der Waals surface area contributed by atoms with E-state index in [1.165, 1.54) is 33.2 Å². The Kier molecular flexibility index (Phi) is 7.58. The van der Waals surface area contributed by atoms with Crippen molar-refractivity contribution in [1.29, 1.82) is 0 Å². The van der Waals surface area contributed by atoms with Crippen LogP contribution in [0.25, 0.3) is 0 Å². The zero-order chi connectivity index (χ0) is 20.1. The van der Waals surface area contributed by atoms with Crippen LogP contribution in [0.5, 0.6) is 5.75 Å². The van der Waals surface area contributed by atoms with E-state index in [1.54, 1.807) is 26.8 Å². The van der Waals surface area contributed by atoms with Gasteiger partial charge < -0.3 is 15.4 Å². The van der Waals surface area contributed by atoms with Crippen LogP contribution in [0, 0.1) is 5.92 Å². The summed E-state index contributed by atoms with van der Waals surface area (Å²) >= 11 is 0. The zero-order valence-corrected chi connectivity index (χ0v) is 16.8. The number of hydrogen-bond acceptors (Lipinski definition) is 5. The van der Waals surface area contributed by atoms with E-state index in [0.29, 0.717) is 12.3 Å². The molecule has 0 spiro atoms. The molecule has 0 heterocycles. The summed E-state index contributed by atoms with van der Waals surface area (Å²) in [5, 5.41) is 5.25. The van der Waals surface area contributed by atoms with Gasteiger partial charge in [-0.2, -0.15) is 0 Å². The lowest BCUT2D eigenvalue weighted by Gasteiger charge is -2.21. The van der Waals surface area contributed by atoms with E-state index in [0.717, 1.165) is 4.31 Å². The highest BCUT2D eigenvalue weighted by molar-refractivity contribution is 7.89. The second-order valence-electron chi connectivity index (χ2n) is 6.29. The van der Waals surface area contributed by atoms with Crippen molar-refractivity contribution >= 4 is 27.5 Å². The lowest BCUT2D eigenvalue weighted by Crippen LogP contribution is -2.46. The fourth-order valence-corrected chi connectivity index (χ4v) is 3.28. The summed E-state index contributed by atoms with van der Waals surface area (Å²) in [6.07, 6.45) is 0. The number of ether oxygens (including phenoxy) is 1. The molecule has 9 heteroatoms. The van der Waals surface area contributed by atoms with Crippen LogP contribution in [0.2, 0.25) is 0 Å². The number of nitrogens with zero attached hydrogens (tertiary/aromatic N) is 1. The number of amides is 2. The fourth-order valence-electron chi connectivity index (χ4n) is 2.23. The first-order valence-corrected chi connectivity index (χ1v) is 9.72. The number of sulfonamides is 1. The average molecular weight is 385 g/mol. The van der Waals surface area contributed by atoms with Gasteiger partial charge in [-0.05, 0) is 31.0 Å². The van der Waals surface area contributed by atoms with Crippen molar-refractivity contribution < 1.29 is 22.7 Å². The maximum Gasteiger partial charge on any atom is 0.247 e. The van der Waals surface area contributed by atoms with Gasteiger partial charge in [0.25, 0.3) is 0 Å². The Labute approximate surface area is 155 Å². The SMILES string of the molecule is CCOc1ccc(NC(=O)[C@@H](NC(C)=O)C(C)C)cc1S(=O)(=O)N(C)C. The van der Waals surface area contributed by atoms with E-state index in [2.05, 4.69) is 10.6 Å². The third kappa shape index (κ3) is 5.43. The molecule has 0 aliphatic carbocycles. The van der Waals surface area contributed by atoms with Gasteiger partial charge in [0.2, 0.25) is 21.8 Å². The lowest BCUT2D eigenvalue weighted by molar-refractivity contribution is -0.126. The Hall–Kier alpha value is -2.13. The Balaban J connectivity index is 3.22. The summed E-state index contributed by atoms with van der Waals surface area (Å²) in [6, 6.07) is 3.68. The first-order valence-electron chi connectivity index (χ1n) is 8.28. The smallest absolute Gasteiger partial charge is 0.247 e. The van der Waals surface area contributed by atoms with Crippen LogP contribution in [-0.2, 0) is 19.6 Å². The molecule has 0 saturated carbocycles. The second-order valence-corrected chi connectivity index (χ2v) is 8.41. The molecule has 0 fully saturated rings. The highest BCUT2D eigenvalue weighted by Gasteiger charge is 2.26. The summed E-state index contributed by atoms with van der Waals surface area (Å²) in [5.41, 5.74) is 0.301. The Morgan fingerprint density at radius 3 is 2.31 bits per heavy atom. The molecule has 0 aliphatic heterocycles. The zero-order valence-electron chi connectivity index (χ0n) is 16.0. The van der Waals surface area contributed by atoms with Gasteiger partial charge in [0.1, 0.15) is 16.7 Å². The van der Waals surface area contributed by atoms with Crippen LogP contribution in [0.1, 0.15) is 27.7 Å². The van der Waals surface area contributed by atoms with Crippen molar-refractivity contribution in [2.75, 3.05) is 26.0 Å². The predicted molar refractivity (Wildman–Crippen MR) is 99.6 cm³/mol. The van der Waals surface area contributed by atoms with Crippen LogP contribution >= 0.6 is 0 Å². The summed E-state index contributed by atoms with van der Waals surface area (Å²) in [4.78, 5) is 23.7. The number of benzene rings is 1. The molecule has 0 radical (unpaired) electrons. The standard InChI is InChI=1S/C17H27N3O5S/c1-7-25-14-9-8-13(10-15(14)26(23,24)20(5)6)19-17(22)16(11(2)3)18-12(4)21/h8-11,16H,7H2,1-6H3,(H,18,21)(H,19,22)/t16-/m0/s1. The van der Waals surface area contributed by atoms with E-state index in [-0.39, 0.29) is 22.5 Å². The first kappa shape index (κ1) is 21.9. The minimum atomic E-state index is -3.76. The van der Waals surface area contributed by atoms with Crippen molar-refractivity contribution in [1.82, 2.24) is 9.62 Å². The van der Waals surface area contributed by atoms with Crippen molar-refractivity contribution in [3.05, 3.63) is 18.2 Å². The second kappa shape index (κ2) is 9.00. The summed E-state index contributed by atoms with van der Waals surface area (Å²) in [7, 11) is -0.919. The Morgan fingerprint density at radius 2 is 1.85 bits per heavy atom. The van der Waals surface area contributed by atoms with E-state index < -0.39 is 22.0 Å². The first-order chi connectivity index (χ1) is 12.0. The van der Waals surface area contributed by atoms with Crippen molar-refractivity contribution in [2.45, 2.75) is 38.6 Å². The Morgan fingerprint density at radius 1 is 1.23 bits per heavy atom. The molecular weight excluding hydrogens is 358 g/mol. The number of rotatable bonds is 8. The molecule has 1 atom stereocenters. The topological polar surface area (TPSA) is 105 Å². The number of carbonyl (C=O) groups is 2. The molecule has 1 aromatic rings. The maximum absolute atomic E-state index is 12.5. The molecule has 0 unspecified atom stereocenters. The van der Waals surface area contributed by atoms with Gasteiger partial charge >= 0.3 is 0 Å². The third-order valence-electron chi connectivity index (χ3n) is 3.58. The van der Waals surface area contributed by atoms with Gasteiger partial charge in [0.05, 0.1) is 6.61 Å². The number of carbonyl (C=O) groups excluding carboxylic acids is 2. The van der Waals surface area contributed by atoms with Gasteiger partial charge in [0.15, 0.2) is 0 Å². The number of anilines is 1. The van der Waals surface area contributed by atoms with Gasteiger partial charge in [-0.3, -0.25) is 9.59 Å². The molecule has 26 heavy (non-hydrogen) atoms. The monoisotopic (exact) mass is 385 g/mol. The minimum Gasteiger partial charge on any atom is -0.492 e. The van der Waals surface area contributed by atoms with Crippen molar-refractivity contribution in [2.24, 2.45) is 5.92 Å². The van der Waals surface area contributed by atoms with E-state index in [4.69, 9.17) is 4.74 Å². The van der Waals surface area contributed by atoms with Crippen LogP contribution in [-0.4, -0.2) is 51.3 Å². The normalized spacial score (nSPS) is 12.8. The number of nitrogens with one attached hydrogen (secondary N) is 2. The predicted octanol–water partition coefficient (Wildman–Crippen LogP) is 1.43. The molecule has 2 amide bonds. The van der Waals surface area contributed by atoms with Gasteiger partial charge in [-0.25, -0.2) is 12.7 Å². The fraction of sp³-hybridized carbons (Fsp3) is 0.529. The molecule has 1 aromatic carbocycles. The minimum absolute atomic E-state index is 0.0391. The quantitative estimate of drug-likeness (QED) is 0.704. The van der Waals surface area contributed by atoms with E-state index in [9.17, 15) is 18.0 Å². The summed E-state index contributed by atoms with van der Waals surface area (Å²) in [5.74, 6) is -0.665. The third-order valence-corrected chi connectivity index (χ3v) is 5.41. The highest BCUT2D eigenvalue weighted by atomic mass is 32.2. The lowest BCUT2D eigenvalue weighted by atomic mass is 10.0. The Bertz CT molecular complexity index is 760. The molecule has 2 N–H and O–H groups in total. The molecule has 1 rings (SSSR count). The van der Waals surface area contributed by atoms with Gasteiger partial charge in [-0.15, -0.1) is 0 Å². The molecule has 8 nitrogen and oxygen atoms in total. The molecule has 0 aliphatic rings. The number of hydrogen-bond donors (Lipinski definition) is 2. The van der Waals surface area contributed by atoms with Gasteiger partial charge in [-0.1, -0.05) is 13.8 Å². The van der Waals surface area contributed by atoms with Gasteiger partial charge in [0, 0.05) is 26.7 Å². The largest absolute Gasteiger partial charge is 0.492 e. The molecular formula is C17H27N3O5S. The van der Waals surface area contributed by atoms with Crippen LogP contribution in [0.3, 0.4) is 0 Å². The van der Waals surface area contributed by atoms with Crippen molar-refractivity contribution in [3.63, 3.8) is 0 Å². The van der Waals surface area contributed by atoms with E-state index in [1.807, 2.05) is 0 Å². The maximum atomic E-state index is 12.5.